The normalized spacial score (nSPS) is 20.9. The van der Waals surface area contributed by atoms with Gasteiger partial charge in [-0.3, -0.25) is 14.9 Å². The lowest BCUT2D eigenvalue weighted by Gasteiger charge is -2.38. The third-order valence-electron chi connectivity index (χ3n) is 4.20. The van der Waals surface area contributed by atoms with E-state index in [9.17, 15) is 14.9 Å². The highest BCUT2D eigenvalue weighted by atomic mass is 16.6. The van der Waals surface area contributed by atoms with Crippen LogP contribution in [-0.4, -0.2) is 41.5 Å². The molecule has 7 heteroatoms. The fraction of sp³-hybridized carbons (Fsp3) is 0.562. The standard InChI is InChI=1S/C16H22N2O5/c1-11-5-4-6-12(2)17(11)16(19)10-23-15-8-7-13(22-3)9-14(15)18(20)21/h7-9,11-12H,4-6,10H2,1-3H3/t11-,12-/m0/s1. The van der Waals surface area contributed by atoms with Gasteiger partial charge in [-0.05, 0) is 45.2 Å². The Balaban J connectivity index is 2.08. The van der Waals surface area contributed by atoms with Gasteiger partial charge in [-0.25, -0.2) is 0 Å². The number of carbonyl (C=O) groups is 1. The molecule has 0 N–H and O–H groups in total. The lowest BCUT2D eigenvalue weighted by Crippen LogP contribution is -2.49. The average molecular weight is 322 g/mol. The molecule has 0 bridgehead atoms. The van der Waals surface area contributed by atoms with Crippen molar-refractivity contribution in [3.8, 4) is 11.5 Å². The first-order valence-electron chi connectivity index (χ1n) is 7.70. The summed E-state index contributed by atoms with van der Waals surface area (Å²) in [7, 11) is 1.43. The van der Waals surface area contributed by atoms with Gasteiger partial charge in [0.2, 0.25) is 0 Å². The van der Waals surface area contributed by atoms with Gasteiger partial charge in [0, 0.05) is 12.1 Å². The molecule has 1 saturated heterocycles. The van der Waals surface area contributed by atoms with E-state index in [1.54, 1.807) is 6.07 Å². The second kappa shape index (κ2) is 7.30. The Hall–Kier alpha value is -2.31. The number of likely N-dealkylation sites (tertiary alicyclic amines) is 1. The maximum atomic E-state index is 12.4. The molecular weight excluding hydrogens is 300 g/mol. The Bertz CT molecular complexity index is 580. The zero-order valence-corrected chi connectivity index (χ0v) is 13.7. The number of hydrogen-bond acceptors (Lipinski definition) is 5. The van der Waals surface area contributed by atoms with E-state index in [0.29, 0.717) is 5.75 Å². The number of nitro groups is 1. The molecule has 1 aromatic rings. The smallest absolute Gasteiger partial charge is 0.314 e. The highest BCUT2D eigenvalue weighted by Crippen LogP contribution is 2.31. The SMILES string of the molecule is COc1ccc(OCC(=O)N2[C@@H](C)CCC[C@@H]2C)c([N+](=O)[O-])c1. The van der Waals surface area contributed by atoms with Gasteiger partial charge in [0.1, 0.15) is 5.75 Å². The predicted octanol–water partition coefficient (Wildman–Crippen LogP) is 2.77. The molecule has 1 amide bonds. The summed E-state index contributed by atoms with van der Waals surface area (Å²) in [5.41, 5.74) is -0.211. The van der Waals surface area contributed by atoms with Crippen molar-refractivity contribution in [2.45, 2.75) is 45.2 Å². The van der Waals surface area contributed by atoms with Crippen molar-refractivity contribution in [1.29, 1.82) is 0 Å². The molecule has 126 valence electrons. The fourth-order valence-corrected chi connectivity index (χ4v) is 3.02. The van der Waals surface area contributed by atoms with Crippen LogP contribution in [0.4, 0.5) is 5.69 Å². The van der Waals surface area contributed by atoms with Gasteiger partial charge in [0.15, 0.2) is 12.4 Å². The van der Waals surface area contributed by atoms with E-state index in [1.807, 2.05) is 18.7 Å². The van der Waals surface area contributed by atoms with E-state index < -0.39 is 4.92 Å². The van der Waals surface area contributed by atoms with Gasteiger partial charge < -0.3 is 14.4 Å². The lowest BCUT2D eigenvalue weighted by molar-refractivity contribution is -0.385. The van der Waals surface area contributed by atoms with Gasteiger partial charge in [-0.15, -0.1) is 0 Å². The van der Waals surface area contributed by atoms with E-state index in [0.717, 1.165) is 19.3 Å². The van der Waals surface area contributed by atoms with Crippen LogP contribution in [-0.2, 0) is 4.79 Å². The fourth-order valence-electron chi connectivity index (χ4n) is 3.02. The number of nitrogens with zero attached hydrogens (tertiary/aromatic N) is 2. The van der Waals surface area contributed by atoms with E-state index >= 15 is 0 Å². The first-order chi connectivity index (χ1) is 10.9. The highest BCUT2D eigenvalue weighted by Gasteiger charge is 2.29. The molecule has 1 heterocycles. The largest absolute Gasteiger partial charge is 0.496 e. The maximum Gasteiger partial charge on any atom is 0.314 e. The number of amides is 1. The molecule has 0 unspecified atom stereocenters. The molecule has 7 nitrogen and oxygen atoms in total. The second-order valence-electron chi connectivity index (χ2n) is 5.81. The Morgan fingerprint density at radius 2 is 2.00 bits per heavy atom. The van der Waals surface area contributed by atoms with Crippen LogP contribution in [0.25, 0.3) is 0 Å². The number of benzene rings is 1. The first-order valence-corrected chi connectivity index (χ1v) is 7.70. The monoisotopic (exact) mass is 322 g/mol. The molecule has 2 atom stereocenters. The van der Waals surface area contributed by atoms with Gasteiger partial charge >= 0.3 is 5.69 Å². The van der Waals surface area contributed by atoms with E-state index in [-0.39, 0.29) is 36.0 Å². The molecule has 0 aromatic heterocycles. The number of rotatable bonds is 5. The summed E-state index contributed by atoms with van der Waals surface area (Å²) in [6, 6.07) is 4.64. The Labute approximate surface area is 135 Å². The minimum Gasteiger partial charge on any atom is -0.496 e. The second-order valence-corrected chi connectivity index (χ2v) is 5.81. The molecule has 2 rings (SSSR count). The zero-order valence-electron chi connectivity index (χ0n) is 13.7. The summed E-state index contributed by atoms with van der Waals surface area (Å²) in [5.74, 6) is 0.296. The Morgan fingerprint density at radius 3 is 2.57 bits per heavy atom. The Morgan fingerprint density at radius 1 is 1.35 bits per heavy atom. The van der Waals surface area contributed by atoms with Crippen LogP contribution in [0.15, 0.2) is 18.2 Å². The summed E-state index contributed by atoms with van der Waals surface area (Å²) in [6.45, 7) is 3.83. The molecule has 0 spiro atoms. The predicted molar refractivity (Wildman–Crippen MR) is 84.8 cm³/mol. The number of nitro benzene ring substituents is 1. The van der Waals surface area contributed by atoms with Crippen LogP contribution in [0, 0.1) is 10.1 Å². The maximum absolute atomic E-state index is 12.4. The molecule has 23 heavy (non-hydrogen) atoms. The van der Waals surface area contributed by atoms with Crippen molar-refractivity contribution in [2.75, 3.05) is 13.7 Å². The minimum absolute atomic E-state index is 0.0708. The summed E-state index contributed by atoms with van der Waals surface area (Å²) in [6.07, 6.45) is 3.05. The molecule has 1 aromatic carbocycles. The highest BCUT2D eigenvalue weighted by molar-refractivity contribution is 5.78. The number of methoxy groups -OCH3 is 1. The summed E-state index contributed by atoms with van der Waals surface area (Å²) >= 11 is 0. The van der Waals surface area contributed by atoms with E-state index in [2.05, 4.69) is 0 Å². The molecule has 1 fully saturated rings. The number of carbonyl (C=O) groups excluding carboxylic acids is 1. The van der Waals surface area contributed by atoms with Crippen molar-refractivity contribution in [2.24, 2.45) is 0 Å². The minimum atomic E-state index is -0.547. The van der Waals surface area contributed by atoms with Crippen molar-refractivity contribution in [3.05, 3.63) is 28.3 Å². The number of ether oxygens (including phenoxy) is 2. The third-order valence-corrected chi connectivity index (χ3v) is 4.20. The zero-order chi connectivity index (χ0) is 17.0. The molecular formula is C16H22N2O5. The van der Waals surface area contributed by atoms with Gasteiger partial charge in [-0.2, -0.15) is 0 Å². The first kappa shape index (κ1) is 17.1. The third kappa shape index (κ3) is 3.91. The topological polar surface area (TPSA) is 81.9 Å². The molecule has 1 aliphatic rings. The van der Waals surface area contributed by atoms with Crippen molar-refractivity contribution in [1.82, 2.24) is 4.90 Å². The molecule has 0 saturated carbocycles. The molecule has 0 radical (unpaired) electrons. The quantitative estimate of drug-likeness (QED) is 0.615. The lowest BCUT2D eigenvalue weighted by atomic mass is 9.97. The molecule has 0 aliphatic carbocycles. The van der Waals surface area contributed by atoms with Crippen molar-refractivity contribution in [3.63, 3.8) is 0 Å². The number of hydrogen-bond donors (Lipinski definition) is 0. The van der Waals surface area contributed by atoms with Gasteiger partial charge in [0.05, 0.1) is 18.1 Å². The van der Waals surface area contributed by atoms with Gasteiger partial charge in [0.25, 0.3) is 5.91 Å². The van der Waals surface area contributed by atoms with E-state index in [4.69, 9.17) is 9.47 Å². The van der Waals surface area contributed by atoms with Crippen LogP contribution in [0.3, 0.4) is 0 Å². The van der Waals surface area contributed by atoms with E-state index in [1.165, 1.54) is 19.2 Å². The van der Waals surface area contributed by atoms with Crippen LogP contribution in [0.5, 0.6) is 11.5 Å². The van der Waals surface area contributed by atoms with Crippen molar-refractivity contribution < 1.29 is 19.2 Å². The summed E-state index contributed by atoms with van der Waals surface area (Å²) in [4.78, 5) is 24.8. The van der Waals surface area contributed by atoms with Gasteiger partial charge in [-0.1, -0.05) is 0 Å². The average Bonchev–Trinajstić information content (AvgIpc) is 2.52. The summed E-state index contributed by atoms with van der Waals surface area (Å²) < 4.78 is 10.4. The van der Waals surface area contributed by atoms with Crippen LogP contribution in [0.2, 0.25) is 0 Å². The van der Waals surface area contributed by atoms with Crippen LogP contribution < -0.4 is 9.47 Å². The number of piperidine rings is 1. The summed E-state index contributed by atoms with van der Waals surface area (Å²) in [5, 5.41) is 11.1. The van der Waals surface area contributed by atoms with Crippen LogP contribution >= 0.6 is 0 Å². The Kier molecular flexibility index (Phi) is 5.41. The molecule has 1 aliphatic heterocycles. The van der Waals surface area contributed by atoms with Crippen molar-refractivity contribution >= 4 is 11.6 Å². The van der Waals surface area contributed by atoms with Crippen LogP contribution in [0.1, 0.15) is 33.1 Å².